The van der Waals surface area contributed by atoms with Crippen LogP contribution >= 0.6 is 0 Å². The maximum atomic E-state index is 13.9. The molecule has 7 rings (SSSR count). The van der Waals surface area contributed by atoms with E-state index in [9.17, 15) is 18.0 Å². The molecule has 9 nitrogen and oxygen atoms in total. The van der Waals surface area contributed by atoms with Gasteiger partial charge in [-0.05, 0) is 79.3 Å². The molecule has 0 unspecified atom stereocenters. The van der Waals surface area contributed by atoms with Gasteiger partial charge in [0.25, 0.3) is 5.91 Å². The number of amides is 1. The maximum Gasteiger partial charge on any atom is 0.435 e. The van der Waals surface area contributed by atoms with Crippen molar-refractivity contribution in [3.05, 3.63) is 82.7 Å². The average Bonchev–Trinajstić information content (AvgIpc) is 3.67. The molecule has 3 aliphatic heterocycles. The van der Waals surface area contributed by atoms with E-state index < -0.39 is 17.8 Å². The molecule has 0 spiro atoms. The van der Waals surface area contributed by atoms with E-state index in [1.807, 2.05) is 0 Å². The lowest BCUT2D eigenvalue weighted by Gasteiger charge is -2.31. The number of fused-ring (bicyclic) bond motifs is 1. The molecule has 2 atom stereocenters. The van der Waals surface area contributed by atoms with E-state index in [1.165, 1.54) is 11.9 Å². The van der Waals surface area contributed by atoms with Gasteiger partial charge in [-0.25, -0.2) is 5.01 Å². The summed E-state index contributed by atoms with van der Waals surface area (Å²) in [6.07, 6.45) is 0.197. The highest BCUT2D eigenvalue weighted by Crippen LogP contribution is 2.45. The number of carbonyl (C=O) groups excluding carboxylic acids is 1. The molecule has 4 aliphatic rings. The number of ether oxygens (including phenoxy) is 2. The molecule has 3 fully saturated rings. The average molecular weight is 649 g/mol. The van der Waals surface area contributed by atoms with Crippen LogP contribution in [0, 0.1) is 12.8 Å². The number of nitrogens with zero attached hydrogens (tertiary/aromatic N) is 6. The summed E-state index contributed by atoms with van der Waals surface area (Å²) in [5.41, 5.74) is 5.47. The van der Waals surface area contributed by atoms with Crippen molar-refractivity contribution in [2.75, 3.05) is 62.4 Å². The molecule has 0 N–H and O–H groups in total. The first-order valence-corrected chi connectivity index (χ1v) is 16.3. The molecule has 1 aliphatic carbocycles. The van der Waals surface area contributed by atoms with E-state index >= 15 is 0 Å². The quantitative estimate of drug-likeness (QED) is 0.341. The number of alkyl halides is 3. The molecule has 47 heavy (non-hydrogen) atoms. The highest BCUT2D eigenvalue weighted by atomic mass is 19.4. The van der Waals surface area contributed by atoms with Gasteiger partial charge in [0.15, 0.2) is 5.69 Å². The lowest BCUT2D eigenvalue weighted by Crippen LogP contribution is -2.36. The SMILES string of the molecule is Cc1cc(C(F)(F)F)nn1CC(=O)N1N=C2/C(=C/c3ccc(N4CCOCC4)cc3)CCC[C@H]2[C@H]1c1ccc(N2CCOCC2)cc1. The number of anilines is 2. The number of morpholine rings is 2. The minimum Gasteiger partial charge on any atom is -0.378 e. The fourth-order valence-corrected chi connectivity index (χ4v) is 7.06. The van der Waals surface area contributed by atoms with Gasteiger partial charge < -0.3 is 19.3 Å². The van der Waals surface area contributed by atoms with Crippen molar-refractivity contribution < 1.29 is 27.4 Å². The highest BCUT2D eigenvalue weighted by molar-refractivity contribution is 6.08. The molecule has 2 aromatic carbocycles. The number of hydrogen-bond acceptors (Lipinski definition) is 7. The molecule has 12 heteroatoms. The zero-order valence-electron chi connectivity index (χ0n) is 26.5. The number of allylic oxidation sites excluding steroid dienone is 1. The van der Waals surface area contributed by atoms with Crippen molar-refractivity contribution in [1.82, 2.24) is 14.8 Å². The lowest BCUT2D eigenvalue weighted by atomic mass is 9.77. The Balaban J connectivity index is 1.19. The Bertz CT molecular complexity index is 1640. The summed E-state index contributed by atoms with van der Waals surface area (Å²) in [7, 11) is 0. The first-order chi connectivity index (χ1) is 22.7. The predicted octanol–water partition coefficient (Wildman–Crippen LogP) is 5.71. The summed E-state index contributed by atoms with van der Waals surface area (Å²) in [6.45, 7) is 7.36. The second-order valence-electron chi connectivity index (χ2n) is 12.5. The van der Waals surface area contributed by atoms with Crippen LogP contribution in [0.1, 0.15) is 47.8 Å². The topological polar surface area (TPSA) is 75.4 Å². The van der Waals surface area contributed by atoms with Crippen molar-refractivity contribution >= 4 is 29.1 Å². The molecule has 4 heterocycles. The van der Waals surface area contributed by atoms with Crippen molar-refractivity contribution in [2.45, 2.75) is 44.9 Å². The van der Waals surface area contributed by atoms with Crippen LogP contribution in [-0.4, -0.2) is 79.0 Å². The van der Waals surface area contributed by atoms with Gasteiger partial charge in [0.05, 0.1) is 38.2 Å². The summed E-state index contributed by atoms with van der Waals surface area (Å²) >= 11 is 0. The number of hydrogen-bond donors (Lipinski definition) is 0. The third-order valence-corrected chi connectivity index (χ3v) is 9.53. The Morgan fingerprint density at radius 3 is 2.09 bits per heavy atom. The summed E-state index contributed by atoms with van der Waals surface area (Å²) in [5.74, 6) is -0.437. The lowest BCUT2D eigenvalue weighted by molar-refractivity contribution is -0.142. The molecule has 1 saturated carbocycles. The summed E-state index contributed by atoms with van der Waals surface area (Å²) in [5, 5.41) is 10.2. The summed E-state index contributed by atoms with van der Waals surface area (Å²) in [6, 6.07) is 17.3. The van der Waals surface area contributed by atoms with Gasteiger partial charge in [-0.3, -0.25) is 9.48 Å². The minimum absolute atomic E-state index is 0.0368. The Kier molecular flexibility index (Phi) is 8.80. The number of benzene rings is 2. The standard InChI is InChI=1S/C35H39F3N6O3/c1-24-21-31(35(36,37)38)39-43(24)23-32(45)44-34(26-7-11-29(12-8-26)42-15-19-47-20-16-42)30-4-2-3-27(33(30)40-44)22-25-5-9-28(10-6-25)41-13-17-46-18-14-41/h5-12,21-22,30,34H,2-4,13-20,23H2,1H3/b27-22+/t30-,34-/m1/s1. The summed E-state index contributed by atoms with van der Waals surface area (Å²) in [4.78, 5) is 18.5. The number of rotatable bonds is 6. The van der Waals surface area contributed by atoms with E-state index in [4.69, 9.17) is 14.6 Å². The predicted molar refractivity (Wildman–Crippen MR) is 173 cm³/mol. The monoisotopic (exact) mass is 648 g/mol. The van der Waals surface area contributed by atoms with Crippen LogP contribution in [0.25, 0.3) is 6.08 Å². The van der Waals surface area contributed by atoms with E-state index in [-0.39, 0.29) is 24.2 Å². The van der Waals surface area contributed by atoms with Crippen LogP contribution in [-0.2, 0) is 27.0 Å². The smallest absolute Gasteiger partial charge is 0.378 e. The third kappa shape index (κ3) is 6.66. The van der Waals surface area contributed by atoms with Crippen molar-refractivity contribution in [2.24, 2.45) is 11.0 Å². The molecule has 0 bridgehead atoms. The zero-order valence-corrected chi connectivity index (χ0v) is 26.5. The van der Waals surface area contributed by atoms with Gasteiger partial charge >= 0.3 is 6.18 Å². The van der Waals surface area contributed by atoms with E-state index in [1.54, 1.807) is 0 Å². The Morgan fingerprint density at radius 1 is 0.915 bits per heavy atom. The molecule has 248 valence electrons. The number of hydrazone groups is 1. The molecular formula is C35H39F3N6O3. The summed E-state index contributed by atoms with van der Waals surface area (Å²) < 4.78 is 52.3. The van der Waals surface area contributed by atoms with Crippen LogP contribution in [0.2, 0.25) is 0 Å². The second kappa shape index (κ2) is 13.2. The van der Waals surface area contributed by atoms with Crippen molar-refractivity contribution in [3.8, 4) is 0 Å². The molecule has 1 amide bonds. The molecule has 0 radical (unpaired) electrons. The van der Waals surface area contributed by atoms with Crippen molar-refractivity contribution in [1.29, 1.82) is 0 Å². The number of carbonyl (C=O) groups is 1. The first kappa shape index (κ1) is 31.4. The first-order valence-electron chi connectivity index (χ1n) is 16.3. The minimum atomic E-state index is -4.59. The van der Waals surface area contributed by atoms with E-state index in [0.29, 0.717) is 13.2 Å². The van der Waals surface area contributed by atoms with Gasteiger partial charge in [0, 0.05) is 49.2 Å². The van der Waals surface area contributed by atoms with Gasteiger partial charge in [0.1, 0.15) is 6.54 Å². The van der Waals surface area contributed by atoms with Gasteiger partial charge in [0.2, 0.25) is 0 Å². The van der Waals surface area contributed by atoms with Gasteiger partial charge in [-0.1, -0.05) is 24.3 Å². The largest absolute Gasteiger partial charge is 0.435 e. The number of aryl methyl sites for hydroxylation is 1. The molecule has 1 aromatic heterocycles. The van der Waals surface area contributed by atoms with Crippen LogP contribution in [0.3, 0.4) is 0 Å². The fraction of sp³-hybridized carbons (Fsp3) is 0.457. The van der Waals surface area contributed by atoms with Crippen molar-refractivity contribution in [3.63, 3.8) is 0 Å². The molecule has 3 aromatic rings. The van der Waals surface area contributed by atoms with Crippen LogP contribution in [0.4, 0.5) is 24.5 Å². The maximum absolute atomic E-state index is 13.9. The van der Waals surface area contributed by atoms with E-state index in [2.05, 4.69) is 69.5 Å². The normalized spacial score (nSPS) is 22.9. The Morgan fingerprint density at radius 2 is 1.51 bits per heavy atom. The second-order valence-corrected chi connectivity index (χ2v) is 12.5. The Labute approximate surface area is 272 Å². The highest BCUT2D eigenvalue weighted by Gasteiger charge is 2.44. The molecular weight excluding hydrogens is 609 g/mol. The third-order valence-electron chi connectivity index (χ3n) is 9.53. The van der Waals surface area contributed by atoms with E-state index in [0.717, 1.165) is 103 Å². The molecule has 2 saturated heterocycles. The number of halogens is 3. The number of aromatic nitrogens is 2. The van der Waals surface area contributed by atoms with Crippen LogP contribution < -0.4 is 9.80 Å². The van der Waals surface area contributed by atoms with Gasteiger partial charge in [-0.2, -0.15) is 23.4 Å². The fourth-order valence-electron chi connectivity index (χ4n) is 7.06. The zero-order chi connectivity index (χ0) is 32.5. The van der Waals surface area contributed by atoms with Crippen LogP contribution in [0.15, 0.2) is 65.3 Å². The van der Waals surface area contributed by atoms with Crippen LogP contribution in [0.5, 0.6) is 0 Å². The Hall–Kier alpha value is -4.16. The van der Waals surface area contributed by atoms with Gasteiger partial charge in [-0.15, -0.1) is 0 Å².